The molecule has 2 aromatic rings. The standard InChI is InChI=1S/C23H28N4O3/c1-15-25-19(20-13-22(30-27-20)17-6-4-3-5-7-17)12-21(26-15)23(28)24-14-16-8-10-18(29-2)11-9-16/h8-12,17,22H,3-7,13-14H2,1-2H3,(H,24,28). The van der Waals surface area contributed by atoms with Crippen LogP contribution >= 0.6 is 0 Å². The minimum absolute atomic E-state index is 0.128. The molecule has 1 N–H and O–H groups in total. The molecule has 1 aliphatic carbocycles. The third-order valence-corrected chi connectivity index (χ3v) is 5.85. The number of rotatable bonds is 6. The number of benzene rings is 1. The molecule has 0 spiro atoms. The fourth-order valence-electron chi connectivity index (χ4n) is 4.15. The van der Waals surface area contributed by atoms with Crippen LogP contribution in [0.2, 0.25) is 0 Å². The number of oxime groups is 1. The molecular formula is C23H28N4O3. The van der Waals surface area contributed by atoms with Crippen molar-refractivity contribution < 1.29 is 14.4 Å². The van der Waals surface area contributed by atoms with Crippen molar-refractivity contribution in [3.05, 3.63) is 53.1 Å². The van der Waals surface area contributed by atoms with Crippen LogP contribution < -0.4 is 10.1 Å². The Morgan fingerprint density at radius 3 is 2.67 bits per heavy atom. The van der Waals surface area contributed by atoms with Gasteiger partial charge in [-0.1, -0.05) is 36.6 Å². The van der Waals surface area contributed by atoms with Gasteiger partial charge in [-0.25, -0.2) is 9.97 Å². The van der Waals surface area contributed by atoms with Crippen LogP contribution in [0.1, 0.15) is 66.1 Å². The van der Waals surface area contributed by atoms with Gasteiger partial charge >= 0.3 is 0 Å². The molecule has 1 aliphatic heterocycles. The molecular weight excluding hydrogens is 380 g/mol. The molecule has 7 nitrogen and oxygen atoms in total. The highest BCUT2D eigenvalue weighted by Crippen LogP contribution is 2.32. The molecule has 1 aromatic heterocycles. The molecule has 0 radical (unpaired) electrons. The number of hydrogen-bond donors (Lipinski definition) is 1. The predicted octanol–water partition coefficient (Wildman–Crippen LogP) is 3.80. The fourth-order valence-corrected chi connectivity index (χ4v) is 4.15. The number of carbonyl (C=O) groups is 1. The average Bonchev–Trinajstić information content (AvgIpc) is 3.28. The number of ether oxygens (including phenoxy) is 1. The van der Waals surface area contributed by atoms with E-state index in [9.17, 15) is 4.79 Å². The summed E-state index contributed by atoms with van der Waals surface area (Å²) in [5.41, 5.74) is 2.81. The van der Waals surface area contributed by atoms with Gasteiger partial charge in [-0.15, -0.1) is 0 Å². The van der Waals surface area contributed by atoms with Gasteiger partial charge in [0, 0.05) is 13.0 Å². The molecule has 1 unspecified atom stereocenters. The van der Waals surface area contributed by atoms with Crippen LogP contribution in [0.15, 0.2) is 35.5 Å². The van der Waals surface area contributed by atoms with E-state index in [1.807, 2.05) is 24.3 Å². The zero-order valence-electron chi connectivity index (χ0n) is 17.6. The van der Waals surface area contributed by atoms with Crippen LogP contribution in [0.3, 0.4) is 0 Å². The van der Waals surface area contributed by atoms with Crippen LogP contribution in [0, 0.1) is 12.8 Å². The van der Waals surface area contributed by atoms with Gasteiger partial charge in [-0.3, -0.25) is 4.79 Å². The third-order valence-electron chi connectivity index (χ3n) is 5.85. The summed E-state index contributed by atoms with van der Waals surface area (Å²) in [5, 5.41) is 7.21. The van der Waals surface area contributed by atoms with Gasteiger partial charge in [0.25, 0.3) is 5.91 Å². The van der Waals surface area contributed by atoms with E-state index in [1.54, 1.807) is 20.1 Å². The normalized spacial score (nSPS) is 19.1. The number of methoxy groups -OCH3 is 1. The third kappa shape index (κ3) is 4.78. The number of carbonyl (C=O) groups excluding carboxylic acids is 1. The first-order valence-corrected chi connectivity index (χ1v) is 10.6. The minimum atomic E-state index is -0.235. The minimum Gasteiger partial charge on any atom is -0.497 e. The number of nitrogens with zero attached hydrogens (tertiary/aromatic N) is 3. The van der Waals surface area contributed by atoms with Gasteiger partial charge < -0.3 is 14.9 Å². The van der Waals surface area contributed by atoms with Crippen molar-refractivity contribution in [2.45, 2.75) is 58.1 Å². The maximum absolute atomic E-state index is 12.7. The smallest absolute Gasteiger partial charge is 0.270 e. The summed E-state index contributed by atoms with van der Waals surface area (Å²) in [6.07, 6.45) is 7.13. The Morgan fingerprint density at radius 1 is 1.17 bits per heavy atom. The van der Waals surface area contributed by atoms with Crippen molar-refractivity contribution in [2.24, 2.45) is 11.1 Å². The second kappa shape index (κ2) is 9.24. The van der Waals surface area contributed by atoms with E-state index >= 15 is 0 Å². The lowest BCUT2D eigenvalue weighted by molar-refractivity contribution is 0.0268. The van der Waals surface area contributed by atoms with Gasteiger partial charge in [-0.2, -0.15) is 0 Å². The van der Waals surface area contributed by atoms with Crippen molar-refractivity contribution in [3.8, 4) is 5.75 Å². The van der Waals surface area contributed by atoms with Crippen LogP contribution in [0.5, 0.6) is 5.75 Å². The van der Waals surface area contributed by atoms with Gasteiger partial charge in [0.15, 0.2) is 0 Å². The van der Waals surface area contributed by atoms with Gasteiger partial charge in [0.2, 0.25) is 0 Å². The quantitative estimate of drug-likeness (QED) is 0.786. The fraction of sp³-hybridized carbons (Fsp3) is 0.478. The maximum atomic E-state index is 12.7. The molecule has 1 saturated carbocycles. The van der Waals surface area contributed by atoms with Gasteiger partial charge in [-0.05, 0) is 49.4 Å². The summed E-state index contributed by atoms with van der Waals surface area (Å²) in [6.45, 7) is 2.20. The lowest BCUT2D eigenvalue weighted by Crippen LogP contribution is -2.25. The first kappa shape index (κ1) is 20.3. The largest absolute Gasteiger partial charge is 0.497 e. The molecule has 4 rings (SSSR count). The Kier molecular flexibility index (Phi) is 6.26. The van der Waals surface area contributed by atoms with E-state index in [1.165, 1.54) is 32.1 Å². The molecule has 2 aliphatic rings. The summed E-state index contributed by atoms with van der Waals surface area (Å²) in [6, 6.07) is 9.30. The number of aromatic nitrogens is 2. The highest BCUT2D eigenvalue weighted by molar-refractivity contribution is 6.01. The van der Waals surface area contributed by atoms with Crippen LogP contribution in [-0.4, -0.2) is 34.8 Å². The second-order valence-corrected chi connectivity index (χ2v) is 8.00. The molecule has 30 heavy (non-hydrogen) atoms. The number of nitrogens with one attached hydrogen (secondary N) is 1. The lowest BCUT2D eigenvalue weighted by Gasteiger charge is -2.25. The van der Waals surface area contributed by atoms with Crippen LogP contribution in [-0.2, 0) is 11.4 Å². The molecule has 1 fully saturated rings. The number of hydrogen-bond acceptors (Lipinski definition) is 6. The Morgan fingerprint density at radius 2 is 1.93 bits per heavy atom. The predicted molar refractivity (Wildman–Crippen MR) is 114 cm³/mol. The molecule has 1 amide bonds. The first-order valence-electron chi connectivity index (χ1n) is 10.6. The molecule has 158 valence electrons. The Labute approximate surface area is 176 Å². The van der Waals surface area contributed by atoms with E-state index in [2.05, 4.69) is 20.4 Å². The molecule has 0 saturated heterocycles. The zero-order valence-corrected chi connectivity index (χ0v) is 17.6. The molecule has 2 heterocycles. The molecule has 0 bridgehead atoms. The Hall–Kier alpha value is -2.96. The van der Waals surface area contributed by atoms with Crippen molar-refractivity contribution in [2.75, 3.05) is 7.11 Å². The number of aryl methyl sites for hydroxylation is 1. The first-order chi connectivity index (χ1) is 14.6. The van der Waals surface area contributed by atoms with E-state index in [-0.39, 0.29) is 12.0 Å². The zero-order chi connectivity index (χ0) is 20.9. The maximum Gasteiger partial charge on any atom is 0.270 e. The summed E-state index contributed by atoms with van der Waals surface area (Å²) < 4.78 is 5.16. The number of amides is 1. The van der Waals surface area contributed by atoms with Crippen molar-refractivity contribution >= 4 is 11.6 Å². The highest BCUT2D eigenvalue weighted by Gasteiger charge is 2.32. The van der Waals surface area contributed by atoms with Crippen molar-refractivity contribution in [1.29, 1.82) is 0 Å². The second-order valence-electron chi connectivity index (χ2n) is 8.00. The van der Waals surface area contributed by atoms with Crippen LogP contribution in [0.4, 0.5) is 0 Å². The van der Waals surface area contributed by atoms with Gasteiger partial charge in [0.05, 0.1) is 12.8 Å². The SMILES string of the molecule is COc1ccc(CNC(=O)c2cc(C3=NOC(C4CCCCC4)C3)nc(C)n2)cc1. The van der Waals surface area contributed by atoms with Crippen molar-refractivity contribution in [3.63, 3.8) is 0 Å². The summed E-state index contributed by atoms with van der Waals surface area (Å²) in [7, 11) is 1.63. The average molecular weight is 409 g/mol. The van der Waals surface area contributed by atoms with E-state index < -0.39 is 0 Å². The molecule has 1 atom stereocenters. The lowest BCUT2D eigenvalue weighted by atomic mass is 9.83. The summed E-state index contributed by atoms with van der Waals surface area (Å²) in [5.74, 6) is 1.66. The van der Waals surface area contributed by atoms with Crippen molar-refractivity contribution in [1.82, 2.24) is 15.3 Å². The van der Waals surface area contributed by atoms with Crippen LogP contribution in [0.25, 0.3) is 0 Å². The summed E-state index contributed by atoms with van der Waals surface area (Å²) in [4.78, 5) is 27.2. The monoisotopic (exact) mass is 408 g/mol. The Balaban J connectivity index is 1.40. The van der Waals surface area contributed by atoms with Gasteiger partial charge in [0.1, 0.15) is 29.1 Å². The highest BCUT2D eigenvalue weighted by atomic mass is 16.6. The topological polar surface area (TPSA) is 85.7 Å². The molecule has 7 heteroatoms. The van der Waals surface area contributed by atoms with E-state index in [4.69, 9.17) is 9.57 Å². The summed E-state index contributed by atoms with van der Waals surface area (Å²) >= 11 is 0. The molecule has 1 aromatic carbocycles. The Bertz CT molecular complexity index is 921. The van der Waals surface area contributed by atoms with E-state index in [0.29, 0.717) is 29.7 Å². The van der Waals surface area contributed by atoms with E-state index in [0.717, 1.165) is 23.4 Å².